The molecule has 0 bridgehead atoms. The molecule has 5 nitrogen and oxygen atoms in total. The fourth-order valence-electron chi connectivity index (χ4n) is 3.81. The van der Waals surface area contributed by atoms with E-state index < -0.39 is 17.7 Å². The van der Waals surface area contributed by atoms with Crippen LogP contribution < -0.4 is 9.64 Å². The van der Waals surface area contributed by atoms with Crippen molar-refractivity contribution in [2.75, 3.05) is 4.90 Å². The summed E-state index contributed by atoms with van der Waals surface area (Å²) < 4.78 is 5.69. The van der Waals surface area contributed by atoms with Crippen LogP contribution in [0.2, 0.25) is 10.0 Å². The first-order chi connectivity index (χ1) is 15.8. The molecule has 0 spiro atoms. The molecule has 1 aliphatic heterocycles. The third-order valence-corrected chi connectivity index (χ3v) is 5.98. The maximum Gasteiger partial charge on any atom is 0.300 e. The molecule has 3 aromatic rings. The Labute approximate surface area is 201 Å². The zero-order valence-corrected chi connectivity index (χ0v) is 19.5. The van der Waals surface area contributed by atoms with E-state index in [9.17, 15) is 14.7 Å². The molecule has 1 aliphatic rings. The predicted octanol–water partition coefficient (Wildman–Crippen LogP) is 6.41. The van der Waals surface area contributed by atoms with Gasteiger partial charge in [0, 0.05) is 11.3 Å². The molecule has 1 heterocycles. The molecular formula is C26H21Cl2NO4. The van der Waals surface area contributed by atoms with Crippen LogP contribution in [-0.2, 0) is 9.59 Å². The number of nitrogens with zero attached hydrogens (tertiary/aromatic N) is 1. The van der Waals surface area contributed by atoms with Crippen molar-refractivity contribution in [1.29, 1.82) is 0 Å². The van der Waals surface area contributed by atoms with E-state index in [4.69, 9.17) is 27.9 Å². The van der Waals surface area contributed by atoms with Gasteiger partial charge in [-0.25, -0.2) is 0 Å². The lowest BCUT2D eigenvalue weighted by molar-refractivity contribution is -0.132. The Morgan fingerprint density at radius 3 is 2.21 bits per heavy atom. The van der Waals surface area contributed by atoms with Gasteiger partial charge in [0.05, 0.1) is 27.8 Å². The van der Waals surface area contributed by atoms with E-state index in [1.54, 1.807) is 30.3 Å². The second kappa shape index (κ2) is 9.30. The van der Waals surface area contributed by atoms with Crippen molar-refractivity contribution in [3.8, 4) is 5.75 Å². The topological polar surface area (TPSA) is 66.8 Å². The largest absolute Gasteiger partial charge is 0.507 e. The van der Waals surface area contributed by atoms with E-state index in [0.29, 0.717) is 27.6 Å². The number of Topliss-reactive ketones (excluding diaryl/α,β-unsaturated/α-hetero) is 1. The number of aliphatic hydroxyl groups excluding tert-OH is 1. The second-order valence-corrected chi connectivity index (χ2v) is 8.68. The number of ketones is 1. The number of halogens is 2. The Kier molecular flexibility index (Phi) is 6.45. The molecule has 1 saturated heterocycles. The number of hydrogen-bond donors (Lipinski definition) is 1. The molecule has 168 valence electrons. The number of carbonyl (C=O) groups is 2. The van der Waals surface area contributed by atoms with Crippen LogP contribution >= 0.6 is 23.2 Å². The van der Waals surface area contributed by atoms with Crippen molar-refractivity contribution in [2.45, 2.75) is 26.0 Å². The molecule has 1 N–H and O–H groups in total. The number of amides is 1. The summed E-state index contributed by atoms with van der Waals surface area (Å²) in [5, 5.41) is 11.7. The first-order valence-corrected chi connectivity index (χ1v) is 11.1. The monoisotopic (exact) mass is 481 g/mol. The lowest BCUT2D eigenvalue weighted by atomic mass is 9.95. The van der Waals surface area contributed by atoms with Crippen LogP contribution in [0.4, 0.5) is 5.69 Å². The van der Waals surface area contributed by atoms with Gasteiger partial charge in [0.1, 0.15) is 11.5 Å². The van der Waals surface area contributed by atoms with E-state index in [0.717, 1.165) is 0 Å². The molecule has 1 amide bonds. The number of anilines is 1. The van der Waals surface area contributed by atoms with Gasteiger partial charge in [0.15, 0.2) is 0 Å². The summed E-state index contributed by atoms with van der Waals surface area (Å²) in [6.07, 6.45) is 0.000552. The normalized spacial score (nSPS) is 17.6. The van der Waals surface area contributed by atoms with Crippen molar-refractivity contribution >= 4 is 46.3 Å². The van der Waals surface area contributed by atoms with Crippen LogP contribution in [0.25, 0.3) is 5.76 Å². The van der Waals surface area contributed by atoms with Crippen LogP contribution in [0.1, 0.15) is 31.0 Å². The molecule has 0 aromatic heterocycles. The third-order valence-electron chi connectivity index (χ3n) is 5.24. The standard InChI is InChI=1S/C26H21Cl2NO4/c1-15(2)33-19-11-9-18(10-12-19)29-23(16-6-4-3-5-7-16)22(25(31)26(29)32)24(30)17-8-13-20(27)21(28)14-17/h3-15,23,30H,1-2H3/b24-22-. The Bertz CT molecular complexity index is 1240. The summed E-state index contributed by atoms with van der Waals surface area (Å²) in [6, 6.07) is 19.7. The minimum Gasteiger partial charge on any atom is -0.507 e. The predicted molar refractivity (Wildman–Crippen MR) is 130 cm³/mol. The summed E-state index contributed by atoms with van der Waals surface area (Å²) in [4.78, 5) is 27.7. The lowest BCUT2D eigenvalue weighted by Crippen LogP contribution is -2.29. The number of ether oxygens (including phenoxy) is 1. The maximum absolute atomic E-state index is 13.2. The smallest absolute Gasteiger partial charge is 0.300 e. The number of rotatable bonds is 5. The minimum absolute atomic E-state index is 0.000552. The van der Waals surface area contributed by atoms with Gasteiger partial charge < -0.3 is 9.84 Å². The van der Waals surface area contributed by atoms with Gasteiger partial charge in [-0.15, -0.1) is 0 Å². The molecule has 0 radical (unpaired) electrons. The van der Waals surface area contributed by atoms with Gasteiger partial charge in [-0.1, -0.05) is 53.5 Å². The third kappa shape index (κ3) is 4.47. The van der Waals surface area contributed by atoms with E-state index in [1.807, 2.05) is 44.2 Å². The number of aliphatic hydroxyl groups is 1. The molecule has 0 aliphatic carbocycles. The molecular weight excluding hydrogens is 461 g/mol. The van der Waals surface area contributed by atoms with Crippen molar-refractivity contribution in [2.24, 2.45) is 0 Å². The summed E-state index contributed by atoms with van der Waals surface area (Å²) in [6.45, 7) is 3.84. The molecule has 1 atom stereocenters. The van der Waals surface area contributed by atoms with Gasteiger partial charge >= 0.3 is 0 Å². The van der Waals surface area contributed by atoms with Gasteiger partial charge in [-0.05, 0) is 61.9 Å². The van der Waals surface area contributed by atoms with Crippen molar-refractivity contribution in [3.63, 3.8) is 0 Å². The zero-order valence-electron chi connectivity index (χ0n) is 18.0. The Morgan fingerprint density at radius 2 is 1.61 bits per heavy atom. The molecule has 3 aromatic carbocycles. The molecule has 7 heteroatoms. The first-order valence-electron chi connectivity index (χ1n) is 10.4. The van der Waals surface area contributed by atoms with Crippen LogP contribution in [0.3, 0.4) is 0 Å². The van der Waals surface area contributed by atoms with Crippen LogP contribution in [0.5, 0.6) is 5.75 Å². The van der Waals surface area contributed by atoms with E-state index in [-0.39, 0.29) is 22.5 Å². The SMILES string of the molecule is CC(C)Oc1ccc(N2C(=O)C(=O)/C(=C(\O)c3ccc(Cl)c(Cl)c3)C2c2ccccc2)cc1. The summed E-state index contributed by atoms with van der Waals surface area (Å²) >= 11 is 12.1. The summed E-state index contributed by atoms with van der Waals surface area (Å²) in [5.74, 6) is -1.18. The maximum atomic E-state index is 13.2. The first kappa shape index (κ1) is 22.9. The number of benzene rings is 3. The Balaban J connectivity index is 1.86. The molecule has 1 fully saturated rings. The summed E-state index contributed by atoms with van der Waals surface area (Å²) in [5.41, 5.74) is 1.46. The van der Waals surface area contributed by atoms with Crippen LogP contribution in [0.15, 0.2) is 78.4 Å². The molecule has 1 unspecified atom stereocenters. The Morgan fingerprint density at radius 1 is 0.939 bits per heavy atom. The average Bonchev–Trinajstić information content (AvgIpc) is 3.06. The fourth-order valence-corrected chi connectivity index (χ4v) is 4.10. The lowest BCUT2D eigenvalue weighted by Gasteiger charge is -2.25. The molecule has 4 rings (SSSR count). The van der Waals surface area contributed by atoms with E-state index >= 15 is 0 Å². The fraction of sp³-hybridized carbons (Fsp3) is 0.154. The minimum atomic E-state index is -0.822. The molecule has 33 heavy (non-hydrogen) atoms. The second-order valence-electron chi connectivity index (χ2n) is 7.87. The van der Waals surface area contributed by atoms with Crippen molar-refractivity contribution < 1.29 is 19.4 Å². The highest BCUT2D eigenvalue weighted by molar-refractivity contribution is 6.51. The highest BCUT2D eigenvalue weighted by Crippen LogP contribution is 2.42. The highest BCUT2D eigenvalue weighted by atomic mass is 35.5. The average molecular weight is 482 g/mol. The van der Waals surface area contributed by atoms with Gasteiger partial charge in [-0.2, -0.15) is 0 Å². The van der Waals surface area contributed by atoms with Crippen LogP contribution in [-0.4, -0.2) is 22.9 Å². The van der Waals surface area contributed by atoms with E-state index in [1.165, 1.54) is 17.0 Å². The van der Waals surface area contributed by atoms with E-state index in [2.05, 4.69) is 0 Å². The zero-order chi connectivity index (χ0) is 23.7. The Hall–Kier alpha value is -3.28. The highest BCUT2D eigenvalue weighted by Gasteiger charge is 2.46. The quantitative estimate of drug-likeness (QED) is 0.259. The number of carbonyl (C=O) groups excluding carboxylic acids is 2. The van der Waals surface area contributed by atoms with Gasteiger partial charge in [0.25, 0.3) is 11.7 Å². The number of hydrogen-bond acceptors (Lipinski definition) is 4. The van der Waals surface area contributed by atoms with Crippen LogP contribution in [0, 0.1) is 0 Å². The summed E-state index contributed by atoms with van der Waals surface area (Å²) in [7, 11) is 0. The molecule has 0 saturated carbocycles. The van der Waals surface area contributed by atoms with Gasteiger partial charge in [0.2, 0.25) is 0 Å². The van der Waals surface area contributed by atoms with Crippen molar-refractivity contribution in [1.82, 2.24) is 0 Å². The van der Waals surface area contributed by atoms with Gasteiger partial charge in [-0.3, -0.25) is 14.5 Å². The van der Waals surface area contributed by atoms with Crippen molar-refractivity contribution in [3.05, 3.63) is 99.5 Å².